The molecule has 1 saturated heterocycles. The predicted octanol–water partition coefficient (Wildman–Crippen LogP) is 1.52. The molecule has 0 aliphatic carbocycles. The summed E-state index contributed by atoms with van der Waals surface area (Å²) >= 11 is 0. The van der Waals surface area contributed by atoms with Crippen molar-refractivity contribution in [1.82, 2.24) is 20.4 Å². The van der Waals surface area contributed by atoms with E-state index in [9.17, 15) is 26.7 Å². The van der Waals surface area contributed by atoms with Gasteiger partial charge in [0.2, 0.25) is 5.91 Å². The SMILES string of the molecule is CN=C(NCC(=O)N(C)CC(F)(F)F)NC1CCN(CC(F)F)CC1.I. The van der Waals surface area contributed by atoms with E-state index in [1.165, 1.54) is 7.05 Å². The number of rotatable bonds is 6. The number of guanidine groups is 1. The highest BCUT2D eigenvalue weighted by Crippen LogP contribution is 2.15. The van der Waals surface area contributed by atoms with E-state index in [4.69, 9.17) is 0 Å². The second-order valence-corrected chi connectivity index (χ2v) is 5.90. The lowest BCUT2D eigenvalue weighted by atomic mass is 10.1. The lowest BCUT2D eigenvalue weighted by molar-refractivity contribution is -0.157. The van der Waals surface area contributed by atoms with E-state index in [0.29, 0.717) is 36.8 Å². The molecule has 12 heteroatoms. The number of nitrogens with zero attached hydrogens (tertiary/aromatic N) is 3. The number of hydrogen-bond acceptors (Lipinski definition) is 3. The molecule has 1 aliphatic heterocycles. The Morgan fingerprint density at radius 2 is 1.88 bits per heavy atom. The number of likely N-dealkylation sites (N-methyl/N-ethyl adjacent to an activating group) is 1. The highest BCUT2D eigenvalue weighted by Gasteiger charge is 2.31. The largest absolute Gasteiger partial charge is 0.406 e. The highest BCUT2D eigenvalue weighted by atomic mass is 127. The first-order valence-corrected chi connectivity index (χ1v) is 7.89. The molecule has 0 bridgehead atoms. The van der Waals surface area contributed by atoms with E-state index in [2.05, 4.69) is 15.6 Å². The van der Waals surface area contributed by atoms with E-state index >= 15 is 0 Å². The van der Waals surface area contributed by atoms with Gasteiger partial charge in [0.15, 0.2) is 5.96 Å². The van der Waals surface area contributed by atoms with Crippen LogP contribution >= 0.6 is 24.0 Å². The molecule has 0 unspecified atom stereocenters. The smallest absolute Gasteiger partial charge is 0.354 e. The summed E-state index contributed by atoms with van der Waals surface area (Å²) in [6, 6.07) is 0.00290. The molecule has 1 aliphatic rings. The third kappa shape index (κ3) is 10.3. The Bertz CT molecular complexity index is 455. The Labute approximate surface area is 166 Å². The number of piperidine rings is 1. The molecule has 1 heterocycles. The number of carbonyl (C=O) groups excluding carboxylic acids is 1. The molecular formula is C14H25F5IN5O. The van der Waals surface area contributed by atoms with Gasteiger partial charge in [-0.05, 0) is 12.8 Å². The third-order valence-corrected chi connectivity index (χ3v) is 3.80. The molecule has 154 valence electrons. The molecule has 0 aromatic heterocycles. The van der Waals surface area contributed by atoms with Crippen molar-refractivity contribution in [2.24, 2.45) is 4.99 Å². The summed E-state index contributed by atoms with van der Waals surface area (Å²) < 4.78 is 61.4. The predicted molar refractivity (Wildman–Crippen MR) is 99.1 cm³/mol. The van der Waals surface area contributed by atoms with E-state index in [-0.39, 0.29) is 43.1 Å². The summed E-state index contributed by atoms with van der Waals surface area (Å²) in [5.41, 5.74) is 0. The Hall–Kier alpha value is -0.920. The molecule has 0 atom stereocenters. The minimum Gasteiger partial charge on any atom is -0.354 e. The van der Waals surface area contributed by atoms with Crippen LogP contribution in [0.25, 0.3) is 0 Å². The minimum absolute atomic E-state index is 0. The van der Waals surface area contributed by atoms with Gasteiger partial charge in [-0.25, -0.2) is 8.78 Å². The normalized spacial score (nSPS) is 17.0. The average Bonchev–Trinajstić information content (AvgIpc) is 2.50. The summed E-state index contributed by atoms with van der Waals surface area (Å²) in [4.78, 5) is 17.9. The van der Waals surface area contributed by atoms with Crippen LogP contribution in [-0.4, -0.2) is 87.1 Å². The Balaban J connectivity index is 0.00000625. The summed E-state index contributed by atoms with van der Waals surface area (Å²) in [5.74, 6) is -0.423. The molecule has 2 N–H and O–H groups in total. The van der Waals surface area contributed by atoms with Crippen LogP contribution in [0.15, 0.2) is 4.99 Å². The quantitative estimate of drug-likeness (QED) is 0.251. The number of likely N-dealkylation sites (tertiary alicyclic amines) is 1. The monoisotopic (exact) mass is 501 g/mol. The van der Waals surface area contributed by atoms with E-state index in [1.54, 1.807) is 4.90 Å². The van der Waals surface area contributed by atoms with Crippen molar-refractivity contribution in [3.05, 3.63) is 0 Å². The fraction of sp³-hybridized carbons (Fsp3) is 0.857. The highest BCUT2D eigenvalue weighted by molar-refractivity contribution is 14.0. The van der Waals surface area contributed by atoms with Gasteiger partial charge < -0.3 is 15.5 Å². The maximum absolute atomic E-state index is 12.3. The van der Waals surface area contributed by atoms with Crippen molar-refractivity contribution in [1.29, 1.82) is 0 Å². The second-order valence-electron chi connectivity index (χ2n) is 5.90. The maximum atomic E-state index is 12.3. The Morgan fingerprint density at radius 3 is 2.35 bits per heavy atom. The van der Waals surface area contributed by atoms with Gasteiger partial charge in [0, 0.05) is 33.2 Å². The van der Waals surface area contributed by atoms with E-state index in [0.717, 1.165) is 7.05 Å². The van der Waals surface area contributed by atoms with Gasteiger partial charge in [-0.2, -0.15) is 13.2 Å². The van der Waals surface area contributed by atoms with Gasteiger partial charge in [0.1, 0.15) is 6.54 Å². The third-order valence-electron chi connectivity index (χ3n) is 3.80. The van der Waals surface area contributed by atoms with Crippen molar-refractivity contribution in [2.75, 3.05) is 46.8 Å². The molecule has 0 aromatic rings. The van der Waals surface area contributed by atoms with Gasteiger partial charge in [-0.1, -0.05) is 0 Å². The van der Waals surface area contributed by atoms with Gasteiger partial charge in [0.05, 0.1) is 13.1 Å². The topological polar surface area (TPSA) is 60.0 Å². The van der Waals surface area contributed by atoms with Crippen LogP contribution in [0.4, 0.5) is 22.0 Å². The average molecular weight is 501 g/mol. The number of amides is 1. The van der Waals surface area contributed by atoms with Crippen LogP contribution in [-0.2, 0) is 4.79 Å². The van der Waals surface area contributed by atoms with Crippen molar-refractivity contribution in [3.63, 3.8) is 0 Å². The van der Waals surface area contributed by atoms with Crippen molar-refractivity contribution in [2.45, 2.75) is 31.5 Å². The number of nitrogens with one attached hydrogen (secondary N) is 2. The zero-order valence-corrected chi connectivity index (χ0v) is 17.0. The molecule has 0 radical (unpaired) electrons. The fourth-order valence-corrected chi connectivity index (χ4v) is 2.49. The van der Waals surface area contributed by atoms with Gasteiger partial charge in [-0.15, -0.1) is 24.0 Å². The Kier molecular flexibility index (Phi) is 11.3. The fourth-order valence-electron chi connectivity index (χ4n) is 2.49. The molecule has 0 aromatic carbocycles. The summed E-state index contributed by atoms with van der Waals surface area (Å²) in [6.45, 7) is -0.850. The zero-order valence-electron chi connectivity index (χ0n) is 14.7. The standard InChI is InChI=1S/C14H24F5N5O.HI/c1-20-13(21-7-12(25)23(2)9-14(17,18)19)22-10-3-5-24(6-4-10)8-11(15)16;/h10-11H,3-9H2,1-2H3,(H2,20,21,22);1H. The van der Waals surface area contributed by atoms with E-state index in [1.807, 2.05) is 0 Å². The maximum Gasteiger partial charge on any atom is 0.406 e. The first-order valence-electron chi connectivity index (χ1n) is 7.89. The van der Waals surface area contributed by atoms with Gasteiger partial charge >= 0.3 is 6.18 Å². The lowest BCUT2D eigenvalue weighted by Gasteiger charge is -2.32. The van der Waals surface area contributed by atoms with Gasteiger partial charge in [0.25, 0.3) is 6.43 Å². The van der Waals surface area contributed by atoms with Crippen LogP contribution in [0.5, 0.6) is 0 Å². The number of aliphatic imine (C=N–C) groups is 1. The molecule has 26 heavy (non-hydrogen) atoms. The number of carbonyl (C=O) groups is 1. The van der Waals surface area contributed by atoms with Crippen LogP contribution in [0.3, 0.4) is 0 Å². The summed E-state index contributed by atoms with van der Waals surface area (Å²) in [7, 11) is 2.55. The molecular weight excluding hydrogens is 476 g/mol. The molecule has 1 rings (SSSR count). The van der Waals surface area contributed by atoms with Crippen LogP contribution < -0.4 is 10.6 Å². The molecule has 1 amide bonds. The van der Waals surface area contributed by atoms with Crippen molar-refractivity contribution < 1.29 is 26.7 Å². The first-order chi connectivity index (χ1) is 11.6. The van der Waals surface area contributed by atoms with E-state index < -0.39 is 25.1 Å². The second kappa shape index (κ2) is 11.7. The molecule has 0 spiro atoms. The van der Waals surface area contributed by atoms with Crippen molar-refractivity contribution >= 4 is 35.8 Å². The van der Waals surface area contributed by atoms with Crippen molar-refractivity contribution in [3.8, 4) is 0 Å². The number of alkyl halides is 5. The van der Waals surface area contributed by atoms with Gasteiger partial charge in [-0.3, -0.25) is 14.7 Å². The Morgan fingerprint density at radius 1 is 1.31 bits per heavy atom. The minimum atomic E-state index is -4.45. The molecule has 1 fully saturated rings. The van der Waals surface area contributed by atoms with Crippen LogP contribution in [0.2, 0.25) is 0 Å². The number of hydrogen-bond donors (Lipinski definition) is 2. The van der Waals surface area contributed by atoms with Crippen LogP contribution in [0, 0.1) is 0 Å². The summed E-state index contributed by atoms with van der Waals surface area (Å²) in [5, 5.41) is 5.73. The number of halogens is 6. The summed E-state index contributed by atoms with van der Waals surface area (Å²) in [6.07, 6.45) is -5.54. The van der Waals surface area contributed by atoms with Crippen LogP contribution in [0.1, 0.15) is 12.8 Å². The molecule has 6 nitrogen and oxygen atoms in total. The molecule has 0 saturated carbocycles. The first kappa shape index (κ1) is 25.1. The zero-order chi connectivity index (χ0) is 19.0. The lowest BCUT2D eigenvalue weighted by Crippen LogP contribution is -2.51.